The molecule has 0 saturated heterocycles. The lowest BCUT2D eigenvalue weighted by Crippen LogP contribution is -2.72. The van der Waals surface area contributed by atoms with Crippen molar-refractivity contribution in [3.8, 4) is 0 Å². The monoisotopic (exact) mass is 382 g/mol. The highest BCUT2D eigenvalue weighted by Crippen LogP contribution is 2.68. The van der Waals surface area contributed by atoms with Crippen LogP contribution in [0.1, 0.15) is 26.7 Å². The molecule has 0 amide bonds. The van der Waals surface area contributed by atoms with Gasteiger partial charge >= 0.3 is 11.9 Å². The molecule has 3 saturated carbocycles. The van der Waals surface area contributed by atoms with Gasteiger partial charge < -0.3 is 9.47 Å². The molecule has 28 heavy (non-hydrogen) atoms. The third-order valence-corrected chi connectivity index (χ3v) is 7.14. The summed E-state index contributed by atoms with van der Waals surface area (Å²) in [6.07, 6.45) is 3.03. The van der Waals surface area contributed by atoms with Crippen molar-refractivity contribution in [2.24, 2.45) is 28.3 Å². The fraction of sp³-hybridized carbons (Fsp3) is 0.500. The van der Waals surface area contributed by atoms with Crippen LogP contribution in [0.25, 0.3) is 0 Å². The largest absolute Gasteiger partial charge is 0.464 e. The molecular weight excluding hydrogens is 356 g/mol. The van der Waals surface area contributed by atoms with Crippen LogP contribution < -0.4 is 5.01 Å². The minimum atomic E-state index is -0.609. The van der Waals surface area contributed by atoms with Crippen molar-refractivity contribution >= 4 is 23.3 Å². The summed E-state index contributed by atoms with van der Waals surface area (Å²) in [7, 11) is 1.38. The zero-order valence-corrected chi connectivity index (χ0v) is 16.6. The van der Waals surface area contributed by atoms with E-state index in [2.05, 4.69) is 20.4 Å². The molecular formula is C22H26N2O4. The third-order valence-electron chi connectivity index (χ3n) is 7.14. The van der Waals surface area contributed by atoms with Gasteiger partial charge in [0.1, 0.15) is 12.1 Å². The predicted octanol–water partition coefficient (Wildman–Crippen LogP) is 3.19. The van der Waals surface area contributed by atoms with Gasteiger partial charge in [0.2, 0.25) is 0 Å². The Morgan fingerprint density at radius 3 is 2.61 bits per heavy atom. The summed E-state index contributed by atoms with van der Waals surface area (Å²) in [4.78, 5) is 24.5. The number of rotatable bonds is 5. The van der Waals surface area contributed by atoms with Crippen LogP contribution in [-0.2, 0) is 19.1 Å². The Labute approximate surface area is 165 Å². The second-order valence-electron chi connectivity index (χ2n) is 8.52. The quantitative estimate of drug-likeness (QED) is 0.578. The number of ether oxygens (including phenoxy) is 2. The molecule has 1 aliphatic heterocycles. The molecule has 1 aromatic rings. The zero-order valence-electron chi connectivity index (χ0n) is 16.6. The van der Waals surface area contributed by atoms with Crippen molar-refractivity contribution in [1.82, 2.24) is 0 Å². The Morgan fingerprint density at radius 1 is 1.29 bits per heavy atom. The number of para-hydroxylation sites is 1. The van der Waals surface area contributed by atoms with Gasteiger partial charge in [0.25, 0.3) is 0 Å². The lowest BCUT2D eigenvalue weighted by molar-refractivity contribution is -0.163. The summed E-state index contributed by atoms with van der Waals surface area (Å²) >= 11 is 0. The lowest BCUT2D eigenvalue weighted by atomic mass is 9.40. The molecule has 2 bridgehead atoms. The van der Waals surface area contributed by atoms with Gasteiger partial charge in [-0.15, -0.1) is 0 Å². The van der Waals surface area contributed by atoms with Crippen LogP contribution in [0.2, 0.25) is 0 Å². The van der Waals surface area contributed by atoms with Gasteiger partial charge in [0.05, 0.1) is 12.8 Å². The molecule has 4 atom stereocenters. The molecule has 4 aliphatic rings. The van der Waals surface area contributed by atoms with Crippen LogP contribution in [-0.4, -0.2) is 36.9 Å². The highest BCUT2D eigenvalue weighted by Gasteiger charge is 2.71. The average molecular weight is 382 g/mol. The maximum atomic E-state index is 12.6. The standard InChI is InChI=1S/C22H26N2O4/c1-5-18(25)28-13-22-16(11-14-12-17(22)21(14,2)3)19(20(26)27-4)23-24(22)15-9-7-6-8-10-15/h5-10,14,16-17H,1,11-13H2,2-4H3/t14-,16+,17+,22-/m0/s1. The molecule has 0 N–H and O–H groups in total. The first kappa shape index (κ1) is 18.7. The molecule has 1 aromatic carbocycles. The SMILES string of the molecule is C=CC(=O)OC[C@]12[C@H](C[C@H]3C[C@@H]1C3(C)C)C(C(=O)OC)=NN2c1ccccc1. The molecule has 148 valence electrons. The van der Waals surface area contributed by atoms with E-state index in [4.69, 9.17) is 14.6 Å². The van der Waals surface area contributed by atoms with Crippen LogP contribution in [0.15, 0.2) is 48.1 Å². The van der Waals surface area contributed by atoms with Crippen molar-refractivity contribution < 1.29 is 19.1 Å². The lowest BCUT2D eigenvalue weighted by Gasteiger charge is -2.67. The van der Waals surface area contributed by atoms with Crippen LogP contribution in [0, 0.1) is 23.2 Å². The molecule has 0 radical (unpaired) electrons. The molecule has 5 rings (SSSR count). The number of anilines is 1. The minimum absolute atomic E-state index is 0.0746. The van der Waals surface area contributed by atoms with Crippen LogP contribution >= 0.6 is 0 Å². The maximum Gasteiger partial charge on any atom is 0.354 e. The van der Waals surface area contributed by atoms with Crippen LogP contribution in [0.5, 0.6) is 0 Å². The van der Waals surface area contributed by atoms with E-state index in [1.807, 2.05) is 35.3 Å². The van der Waals surface area contributed by atoms with Crippen molar-refractivity contribution in [1.29, 1.82) is 0 Å². The summed E-state index contributed by atoms with van der Waals surface area (Å²) in [6, 6.07) is 9.76. The number of carbonyl (C=O) groups is 2. The van der Waals surface area contributed by atoms with Crippen LogP contribution in [0.4, 0.5) is 5.69 Å². The second kappa shape index (κ2) is 6.47. The van der Waals surface area contributed by atoms with E-state index in [1.165, 1.54) is 13.2 Å². The first-order valence-electron chi connectivity index (χ1n) is 9.67. The maximum absolute atomic E-state index is 12.6. The number of hydrazone groups is 1. The molecule has 0 aromatic heterocycles. The molecule has 6 heteroatoms. The van der Waals surface area contributed by atoms with E-state index in [1.54, 1.807) is 0 Å². The van der Waals surface area contributed by atoms with E-state index in [-0.39, 0.29) is 23.9 Å². The fourth-order valence-electron chi connectivity index (χ4n) is 5.57. The number of carbonyl (C=O) groups excluding carboxylic acids is 2. The number of benzene rings is 1. The summed E-state index contributed by atoms with van der Waals surface area (Å²) in [6.45, 7) is 8.19. The van der Waals surface area contributed by atoms with Crippen molar-refractivity contribution in [3.63, 3.8) is 0 Å². The highest BCUT2D eigenvalue weighted by atomic mass is 16.5. The predicted molar refractivity (Wildman–Crippen MR) is 106 cm³/mol. The van der Waals surface area contributed by atoms with Gasteiger partial charge in [-0.25, -0.2) is 9.59 Å². The third kappa shape index (κ3) is 2.43. The van der Waals surface area contributed by atoms with E-state index in [0.717, 1.165) is 18.5 Å². The minimum Gasteiger partial charge on any atom is -0.464 e. The van der Waals surface area contributed by atoms with Gasteiger partial charge in [-0.3, -0.25) is 5.01 Å². The Morgan fingerprint density at radius 2 is 2.00 bits per heavy atom. The van der Waals surface area contributed by atoms with Crippen molar-refractivity contribution in [3.05, 3.63) is 43.0 Å². The Kier molecular flexibility index (Phi) is 4.32. The number of hydrogen-bond acceptors (Lipinski definition) is 6. The van der Waals surface area contributed by atoms with E-state index in [0.29, 0.717) is 11.6 Å². The number of methoxy groups -OCH3 is 1. The van der Waals surface area contributed by atoms with Gasteiger partial charge in [0, 0.05) is 12.0 Å². The van der Waals surface area contributed by atoms with Crippen molar-refractivity contribution in [2.45, 2.75) is 32.2 Å². The number of hydrogen-bond donors (Lipinski definition) is 0. The van der Waals surface area contributed by atoms with Gasteiger partial charge in [-0.05, 0) is 42.2 Å². The molecule has 3 fully saturated rings. The van der Waals surface area contributed by atoms with E-state index < -0.39 is 17.5 Å². The van der Waals surface area contributed by atoms with Crippen molar-refractivity contribution in [2.75, 3.05) is 18.7 Å². The Bertz CT molecular complexity index is 847. The Hall–Kier alpha value is -2.63. The zero-order chi connectivity index (χ0) is 20.1. The second-order valence-corrected chi connectivity index (χ2v) is 8.52. The summed E-state index contributed by atoms with van der Waals surface area (Å²) < 4.78 is 10.7. The summed E-state index contributed by atoms with van der Waals surface area (Å²) in [5.74, 6) is -0.285. The molecule has 6 nitrogen and oxygen atoms in total. The normalized spacial score (nSPS) is 31.9. The fourth-order valence-corrected chi connectivity index (χ4v) is 5.57. The number of esters is 2. The highest BCUT2D eigenvalue weighted by molar-refractivity contribution is 6.38. The summed E-state index contributed by atoms with van der Waals surface area (Å²) in [5.41, 5.74) is 0.765. The molecule has 0 spiro atoms. The average Bonchev–Trinajstić information content (AvgIpc) is 3.07. The summed E-state index contributed by atoms with van der Waals surface area (Å²) in [5, 5.41) is 6.67. The van der Waals surface area contributed by atoms with Gasteiger partial charge in [-0.1, -0.05) is 38.6 Å². The first-order chi connectivity index (χ1) is 13.4. The van der Waals surface area contributed by atoms with E-state index >= 15 is 0 Å². The van der Waals surface area contributed by atoms with E-state index in [9.17, 15) is 9.59 Å². The van der Waals surface area contributed by atoms with Gasteiger partial charge in [-0.2, -0.15) is 5.10 Å². The number of nitrogens with zero attached hydrogens (tertiary/aromatic N) is 2. The Balaban J connectivity index is 1.85. The van der Waals surface area contributed by atoms with Crippen LogP contribution in [0.3, 0.4) is 0 Å². The first-order valence-corrected chi connectivity index (χ1v) is 9.67. The van der Waals surface area contributed by atoms with Gasteiger partial charge in [0.15, 0.2) is 5.71 Å². The molecule has 3 aliphatic carbocycles. The molecule has 0 unspecified atom stereocenters. The molecule has 1 heterocycles. The topological polar surface area (TPSA) is 68.2 Å². The smallest absolute Gasteiger partial charge is 0.354 e.